The van der Waals surface area contributed by atoms with Crippen LogP contribution in [0.3, 0.4) is 0 Å². The second-order valence-corrected chi connectivity index (χ2v) is 7.11. The first-order valence-electron chi connectivity index (χ1n) is 7.65. The maximum Gasteiger partial charge on any atom is 0.0724 e. The van der Waals surface area contributed by atoms with Crippen LogP contribution in [0.15, 0.2) is 40.9 Å². The van der Waals surface area contributed by atoms with Crippen molar-refractivity contribution in [1.29, 1.82) is 0 Å². The van der Waals surface area contributed by atoms with Gasteiger partial charge in [0.05, 0.1) is 5.60 Å². The van der Waals surface area contributed by atoms with Crippen molar-refractivity contribution in [2.45, 2.75) is 46.1 Å². The smallest absolute Gasteiger partial charge is 0.0724 e. The highest BCUT2D eigenvalue weighted by Crippen LogP contribution is 2.29. The Hall–Kier alpha value is -0.800. The SMILES string of the molecule is C=C(C)CC(O)(CCN(CC)c1ccc(Br)cc1)C(C)C. The summed E-state index contributed by atoms with van der Waals surface area (Å²) in [6.07, 6.45) is 1.42. The Balaban J connectivity index is 2.76. The first-order chi connectivity index (χ1) is 9.78. The highest BCUT2D eigenvalue weighted by molar-refractivity contribution is 9.10. The van der Waals surface area contributed by atoms with Crippen LogP contribution in [0.25, 0.3) is 0 Å². The summed E-state index contributed by atoms with van der Waals surface area (Å²) >= 11 is 3.47. The number of nitrogens with zero attached hydrogens (tertiary/aromatic N) is 1. The monoisotopic (exact) mass is 353 g/mol. The standard InChI is InChI=1S/C18H28BrNO/c1-6-20(17-9-7-16(19)8-10-17)12-11-18(21,15(4)5)13-14(2)3/h7-10,15,21H,2,6,11-13H2,1,3-5H3. The summed E-state index contributed by atoms with van der Waals surface area (Å²) in [6, 6.07) is 8.34. The molecule has 3 heteroatoms. The molecule has 0 amide bonds. The van der Waals surface area contributed by atoms with E-state index in [0.717, 1.165) is 29.6 Å². The van der Waals surface area contributed by atoms with Crippen molar-refractivity contribution < 1.29 is 5.11 Å². The highest BCUT2D eigenvalue weighted by Gasteiger charge is 2.31. The van der Waals surface area contributed by atoms with E-state index < -0.39 is 5.60 Å². The molecule has 0 saturated carbocycles. The Labute approximate surface area is 138 Å². The zero-order chi connectivity index (χ0) is 16.0. The van der Waals surface area contributed by atoms with Crippen LogP contribution >= 0.6 is 15.9 Å². The lowest BCUT2D eigenvalue weighted by atomic mass is 9.82. The van der Waals surface area contributed by atoms with Crippen LogP contribution in [0, 0.1) is 5.92 Å². The molecule has 0 bridgehead atoms. The van der Waals surface area contributed by atoms with Gasteiger partial charge in [0.1, 0.15) is 0 Å². The van der Waals surface area contributed by atoms with Crippen LogP contribution in [0.5, 0.6) is 0 Å². The number of rotatable bonds is 8. The fourth-order valence-electron chi connectivity index (χ4n) is 2.55. The van der Waals surface area contributed by atoms with E-state index in [0.29, 0.717) is 6.42 Å². The molecule has 0 saturated heterocycles. The highest BCUT2D eigenvalue weighted by atomic mass is 79.9. The van der Waals surface area contributed by atoms with Gasteiger partial charge in [-0.05, 0) is 56.9 Å². The summed E-state index contributed by atoms with van der Waals surface area (Å²) in [7, 11) is 0. The van der Waals surface area contributed by atoms with Gasteiger partial charge < -0.3 is 10.0 Å². The van der Waals surface area contributed by atoms with Crippen molar-refractivity contribution in [2.75, 3.05) is 18.0 Å². The maximum absolute atomic E-state index is 10.9. The zero-order valence-electron chi connectivity index (χ0n) is 13.7. The summed E-state index contributed by atoms with van der Waals surface area (Å²) in [5.41, 5.74) is 1.56. The predicted molar refractivity (Wildman–Crippen MR) is 95.9 cm³/mol. The Morgan fingerprint density at radius 3 is 2.33 bits per heavy atom. The summed E-state index contributed by atoms with van der Waals surface area (Å²) < 4.78 is 1.09. The first kappa shape index (κ1) is 18.2. The molecule has 1 atom stereocenters. The molecule has 0 aromatic heterocycles. The van der Waals surface area contributed by atoms with Gasteiger partial charge >= 0.3 is 0 Å². The molecular weight excluding hydrogens is 326 g/mol. The van der Waals surface area contributed by atoms with Crippen LogP contribution in [0.2, 0.25) is 0 Å². The lowest BCUT2D eigenvalue weighted by molar-refractivity contribution is -0.0106. The van der Waals surface area contributed by atoms with Crippen LogP contribution in [-0.2, 0) is 0 Å². The molecule has 0 spiro atoms. The molecule has 1 unspecified atom stereocenters. The van der Waals surface area contributed by atoms with Crippen LogP contribution in [-0.4, -0.2) is 23.8 Å². The molecular formula is C18H28BrNO. The number of aliphatic hydroxyl groups is 1. The second kappa shape index (κ2) is 8.00. The fraction of sp³-hybridized carbons (Fsp3) is 0.556. The van der Waals surface area contributed by atoms with Gasteiger partial charge in [-0.1, -0.05) is 35.4 Å². The lowest BCUT2D eigenvalue weighted by Crippen LogP contribution is -2.39. The van der Waals surface area contributed by atoms with Crippen molar-refractivity contribution in [1.82, 2.24) is 0 Å². The molecule has 1 aromatic carbocycles. The molecule has 1 rings (SSSR count). The van der Waals surface area contributed by atoms with E-state index in [1.807, 2.05) is 6.92 Å². The number of anilines is 1. The molecule has 1 aromatic rings. The minimum absolute atomic E-state index is 0.220. The number of halogens is 1. The van der Waals surface area contributed by atoms with E-state index >= 15 is 0 Å². The molecule has 0 aliphatic heterocycles. The van der Waals surface area contributed by atoms with Gasteiger partial charge in [0.15, 0.2) is 0 Å². The van der Waals surface area contributed by atoms with Crippen molar-refractivity contribution in [2.24, 2.45) is 5.92 Å². The summed E-state index contributed by atoms with van der Waals surface area (Å²) in [4.78, 5) is 2.30. The summed E-state index contributed by atoms with van der Waals surface area (Å²) in [5.74, 6) is 0.220. The molecule has 2 nitrogen and oxygen atoms in total. The van der Waals surface area contributed by atoms with Crippen molar-refractivity contribution in [3.8, 4) is 0 Å². The largest absolute Gasteiger partial charge is 0.389 e. The Morgan fingerprint density at radius 2 is 1.90 bits per heavy atom. The average Bonchev–Trinajstić information content (AvgIpc) is 2.40. The Bertz CT molecular complexity index is 455. The average molecular weight is 354 g/mol. The minimum atomic E-state index is -0.672. The fourth-order valence-corrected chi connectivity index (χ4v) is 2.82. The number of hydrogen-bond donors (Lipinski definition) is 1. The molecule has 0 fully saturated rings. The molecule has 0 heterocycles. The van der Waals surface area contributed by atoms with E-state index in [-0.39, 0.29) is 5.92 Å². The van der Waals surface area contributed by atoms with E-state index in [4.69, 9.17) is 0 Å². The van der Waals surface area contributed by atoms with Crippen molar-refractivity contribution in [3.63, 3.8) is 0 Å². The van der Waals surface area contributed by atoms with Gasteiger partial charge in [0.25, 0.3) is 0 Å². The number of benzene rings is 1. The maximum atomic E-state index is 10.9. The third kappa shape index (κ3) is 5.48. The molecule has 1 N–H and O–H groups in total. The quantitative estimate of drug-likeness (QED) is 0.663. The van der Waals surface area contributed by atoms with E-state index in [1.54, 1.807) is 0 Å². The van der Waals surface area contributed by atoms with Gasteiger partial charge in [0, 0.05) is 23.2 Å². The minimum Gasteiger partial charge on any atom is -0.389 e. The van der Waals surface area contributed by atoms with E-state index in [1.165, 1.54) is 5.69 Å². The summed E-state index contributed by atoms with van der Waals surface area (Å²) in [6.45, 7) is 14.0. The first-order valence-corrected chi connectivity index (χ1v) is 8.45. The van der Waals surface area contributed by atoms with Crippen molar-refractivity contribution >= 4 is 21.6 Å². The number of hydrogen-bond acceptors (Lipinski definition) is 2. The zero-order valence-corrected chi connectivity index (χ0v) is 15.3. The lowest BCUT2D eigenvalue weighted by Gasteiger charge is -2.35. The molecule has 0 aliphatic carbocycles. The Morgan fingerprint density at radius 1 is 1.33 bits per heavy atom. The van der Waals surface area contributed by atoms with Crippen molar-refractivity contribution in [3.05, 3.63) is 40.9 Å². The Kier molecular flexibility index (Phi) is 6.95. The third-order valence-electron chi connectivity index (χ3n) is 4.07. The third-order valence-corrected chi connectivity index (χ3v) is 4.60. The molecule has 118 valence electrons. The van der Waals surface area contributed by atoms with Gasteiger partial charge in [-0.25, -0.2) is 0 Å². The second-order valence-electron chi connectivity index (χ2n) is 6.20. The van der Waals surface area contributed by atoms with Gasteiger partial charge in [-0.15, -0.1) is 6.58 Å². The molecule has 21 heavy (non-hydrogen) atoms. The van der Waals surface area contributed by atoms with Gasteiger partial charge in [-0.3, -0.25) is 0 Å². The summed E-state index contributed by atoms with van der Waals surface area (Å²) in [5, 5.41) is 10.9. The van der Waals surface area contributed by atoms with Crippen LogP contribution < -0.4 is 4.90 Å². The van der Waals surface area contributed by atoms with Crippen LogP contribution in [0.4, 0.5) is 5.69 Å². The van der Waals surface area contributed by atoms with E-state index in [2.05, 4.69) is 72.4 Å². The normalized spacial score (nSPS) is 14.0. The van der Waals surface area contributed by atoms with Gasteiger partial charge in [-0.2, -0.15) is 0 Å². The predicted octanol–water partition coefficient (Wildman–Crippen LogP) is 5.02. The van der Waals surface area contributed by atoms with Crippen LogP contribution in [0.1, 0.15) is 40.5 Å². The molecule has 0 radical (unpaired) electrons. The van der Waals surface area contributed by atoms with E-state index in [9.17, 15) is 5.11 Å². The molecule has 0 aliphatic rings. The van der Waals surface area contributed by atoms with Gasteiger partial charge in [0.2, 0.25) is 0 Å². The topological polar surface area (TPSA) is 23.5 Å².